The lowest BCUT2D eigenvalue weighted by atomic mass is 9.92. The van der Waals surface area contributed by atoms with Crippen molar-refractivity contribution in [2.24, 2.45) is 5.41 Å². The zero-order chi connectivity index (χ0) is 21.8. The second-order valence-electron chi connectivity index (χ2n) is 9.29. The van der Waals surface area contributed by atoms with Gasteiger partial charge in [0, 0.05) is 55.1 Å². The van der Waals surface area contributed by atoms with E-state index in [0.29, 0.717) is 13.0 Å². The fourth-order valence-corrected chi connectivity index (χ4v) is 3.81. The highest BCUT2D eigenvalue weighted by Gasteiger charge is 2.31. The van der Waals surface area contributed by atoms with Crippen molar-refractivity contribution >= 4 is 17.4 Å². The van der Waals surface area contributed by atoms with Crippen molar-refractivity contribution in [1.82, 2.24) is 19.9 Å². The molecule has 1 unspecified atom stereocenters. The predicted molar refractivity (Wildman–Crippen MR) is 123 cm³/mol. The van der Waals surface area contributed by atoms with Crippen LogP contribution in [0, 0.1) is 5.41 Å². The second kappa shape index (κ2) is 8.84. The van der Waals surface area contributed by atoms with Crippen LogP contribution in [0.1, 0.15) is 45.4 Å². The van der Waals surface area contributed by atoms with E-state index in [1.165, 1.54) is 0 Å². The van der Waals surface area contributed by atoms with Gasteiger partial charge in [-0.25, -0.2) is 9.97 Å². The Morgan fingerprint density at radius 3 is 2.65 bits per heavy atom. The van der Waals surface area contributed by atoms with Crippen LogP contribution < -0.4 is 5.32 Å². The molecule has 6 nitrogen and oxygen atoms in total. The second-order valence-corrected chi connectivity index (χ2v) is 9.29. The number of carbonyl (C=O) groups is 1. The van der Waals surface area contributed by atoms with Gasteiger partial charge < -0.3 is 10.2 Å². The number of nitrogens with one attached hydrogen (secondary N) is 1. The number of rotatable bonds is 5. The van der Waals surface area contributed by atoms with Crippen molar-refractivity contribution < 1.29 is 4.79 Å². The summed E-state index contributed by atoms with van der Waals surface area (Å²) in [6, 6.07) is 15.8. The van der Waals surface area contributed by atoms with Crippen LogP contribution in [0.15, 0.2) is 60.9 Å². The first-order chi connectivity index (χ1) is 14.9. The highest BCUT2D eigenvalue weighted by Crippen LogP contribution is 2.30. The van der Waals surface area contributed by atoms with Crippen LogP contribution in [0.4, 0.5) is 11.5 Å². The monoisotopic (exact) mass is 415 g/mol. The highest BCUT2D eigenvalue weighted by molar-refractivity contribution is 5.77. The lowest BCUT2D eigenvalue weighted by molar-refractivity contribution is -0.132. The maximum atomic E-state index is 12.7. The van der Waals surface area contributed by atoms with Gasteiger partial charge in [-0.15, -0.1) is 0 Å². The van der Waals surface area contributed by atoms with Crippen molar-refractivity contribution in [2.45, 2.75) is 39.5 Å². The van der Waals surface area contributed by atoms with Gasteiger partial charge in [-0.1, -0.05) is 39.0 Å². The number of para-hydroxylation sites is 1. The molecule has 3 heterocycles. The molecular weight excluding hydrogens is 386 g/mol. The smallest absolute Gasteiger partial charge is 0.223 e. The van der Waals surface area contributed by atoms with E-state index < -0.39 is 0 Å². The van der Waals surface area contributed by atoms with Gasteiger partial charge in [0.2, 0.25) is 5.91 Å². The van der Waals surface area contributed by atoms with Gasteiger partial charge in [0.1, 0.15) is 11.6 Å². The van der Waals surface area contributed by atoms with Crippen LogP contribution in [-0.2, 0) is 4.79 Å². The summed E-state index contributed by atoms with van der Waals surface area (Å²) in [6.07, 6.45) is 4.99. The van der Waals surface area contributed by atoms with Crippen LogP contribution in [-0.4, -0.2) is 38.8 Å². The first kappa shape index (κ1) is 21.0. The molecule has 1 aliphatic heterocycles. The molecule has 1 aromatic carbocycles. The number of amides is 1. The van der Waals surface area contributed by atoms with Gasteiger partial charge in [0.05, 0.1) is 5.69 Å². The van der Waals surface area contributed by atoms with Crippen LogP contribution in [0.2, 0.25) is 0 Å². The molecule has 1 N–H and O–H groups in total. The first-order valence-corrected chi connectivity index (χ1v) is 10.8. The number of aromatic nitrogens is 3. The van der Waals surface area contributed by atoms with E-state index in [9.17, 15) is 4.79 Å². The van der Waals surface area contributed by atoms with Gasteiger partial charge in [-0.05, 0) is 36.1 Å². The van der Waals surface area contributed by atoms with Gasteiger partial charge >= 0.3 is 0 Å². The third-order valence-electron chi connectivity index (χ3n) is 5.33. The molecule has 1 saturated heterocycles. The Hall–Kier alpha value is -3.28. The topological polar surface area (TPSA) is 71.0 Å². The van der Waals surface area contributed by atoms with Gasteiger partial charge in [0.15, 0.2) is 0 Å². The largest absolute Gasteiger partial charge is 0.342 e. The number of nitrogens with zero attached hydrogens (tertiary/aromatic N) is 4. The average molecular weight is 416 g/mol. The predicted octanol–water partition coefficient (Wildman–Crippen LogP) is 5.03. The maximum Gasteiger partial charge on any atom is 0.223 e. The van der Waals surface area contributed by atoms with Crippen molar-refractivity contribution in [3.63, 3.8) is 0 Å². The number of pyridine rings is 1. The molecule has 1 amide bonds. The van der Waals surface area contributed by atoms with E-state index in [1.807, 2.05) is 59.6 Å². The molecule has 0 radical (unpaired) electrons. The Balaban J connectivity index is 1.61. The first-order valence-electron chi connectivity index (χ1n) is 10.8. The number of hydrogen-bond acceptors (Lipinski definition) is 5. The summed E-state index contributed by atoms with van der Waals surface area (Å²) >= 11 is 0. The number of carbonyl (C=O) groups excluding carboxylic acids is 1. The van der Waals surface area contributed by atoms with Crippen molar-refractivity contribution in [1.29, 1.82) is 0 Å². The summed E-state index contributed by atoms with van der Waals surface area (Å²) < 4.78 is 0. The summed E-state index contributed by atoms with van der Waals surface area (Å²) in [6.45, 7) is 7.71. The number of hydrogen-bond donors (Lipinski definition) is 1. The molecular formula is C25H29N5O. The Labute approximate surface area is 183 Å². The van der Waals surface area contributed by atoms with Gasteiger partial charge in [0.25, 0.3) is 0 Å². The van der Waals surface area contributed by atoms with E-state index in [0.717, 1.165) is 41.6 Å². The molecule has 0 spiro atoms. The molecule has 0 bridgehead atoms. The minimum absolute atomic E-state index is 0.0152. The van der Waals surface area contributed by atoms with E-state index in [4.69, 9.17) is 9.97 Å². The van der Waals surface area contributed by atoms with Crippen molar-refractivity contribution in [3.8, 4) is 11.3 Å². The van der Waals surface area contributed by atoms with Crippen molar-refractivity contribution in [3.05, 3.63) is 66.7 Å². The number of likely N-dealkylation sites (tertiary alicyclic amines) is 1. The zero-order valence-electron chi connectivity index (χ0n) is 18.4. The quantitative estimate of drug-likeness (QED) is 0.632. The number of anilines is 2. The minimum atomic E-state index is -0.0152. The molecule has 0 saturated carbocycles. The fourth-order valence-electron chi connectivity index (χ4n) is 3.81. The standard InChI is InChI=1S/C25H29N5O/c1-25(2,3)15-23(31)30-13-11-19(17-30)24-28-21(18-8-7-12-26-16-18)14-22(29-24)27-20-9-5-4-6-10-20/h4-10,12,14,16,19H,11,13,15,17H2,1-3H3,(H,27,28,29). The lowest BCUT2D eigenvalue weighted by Crippen LogP contribution is -2.31. The van der Waals surface area contributed by atoms with Crippen LogP contribution in [0.25, 0.3) is 11.3 Å². The molecule has 31 heavy (non-hydrogen) atoms. The summed E-state index contributed by atoms with van der Waals surface area (Å²) in [7, 11) is 0. The number of benzene rings is 1. The van der Waals surface area contributed by atoms with Crippen LogP contribution >= 0.6 is 0 Å². The van der Waals surface area contributed by atoms with E-state index in [1.54, 1.807) is 6.20 Å². The Kier molecular flexibility index (Phi) is 5.98. The molecule has 6 heteroatoms. The molecule has 1 atom stereocenters. The summed E-state index contributed by atoms with van der Waals surface area (Å²) in [5.41, 5.74) is 2.73. The van der Waals surface area contributed by atoms with Crippen LogP contribution in [0.3, 0.4) is 0 Å². The molecule has 0 aliphatic carbocycles. The Bertz CT molecular complexity index is 1030. The van der Waals surface area contributed by atoms with Gasteiger partial charge in [-0.2, -0.15) is 0 Å². The van der Waals surface area contributed by atoms with E-state index in [2.05, 4.69) is 31.1 Å². The van der Waals surface area contributed by atoms with E-state index >= 15 is 0 Å². The summed E-state index contributed by atoms with van der Waals surface area (Å²) in [5, 5.41) is 3.39. The van der Waals surface area contributed by atoms with Crippen LogP contribution in [0.5, 0.6) is 0 Å². The summed E-state index contributed by atoms with van der Waals surface area (Å²) in [4.78, 5) is 28.6. The summed E-state index contributed by atoms with van der Waals surface area (Å²) in [5.74, 6) is 1.85. The molecule has 1 aliphatic rings. The molecule has 2 aromatic heterocycles. The Morgan fingerprint density at radius 1 is 1.13 bits per heavy atom. The zero-order valence-corrected chi connectivity index (χ0v) is 18.4. The highest BCUT2D eigenvalue weighted by atomic mass is 16.2. The molecule has 4 rings (SSSR count). The lowest BCUT2D eigenvalue weighted by Gasteiger charge is -2.23. The molecule has 160 valence electrons. The SMILES string of the molecule is CC(C)(C)CC(=O)N1CCC(c2nc(Nc3ccccc3)cc(-c3cccnc3)n2)C1. The third kappa shape index (κ3) is 5.45. The maximum absolute atomic E-state index is 12.7. The molecule has 3 aromatic rings. The normalized spacial score (nSPS) is 16.4. The fraction of sp³-hybridized carbons (Fsp3) is 0.360. The Morgan fingerprint density at radius 2 is 1.94 bits per heavy atom. The molecule has 1 fully saturated rings. The van der Waals surface area contributed by atoms with Gasteiger partial charge in [-0.3, -0.25) is 9.78 Å². The average Bonchev–Trinajstić information content (AvgIpc) is 3.24. The minimum Gasteiger partial charge on any atom is -0.342 e. The van der Waals surface area contributed by atoms with Crippen molar-refractivity contribution in [2.75, 3.05) is 18.4 Å². The van der Waals surface area contributed by atoms with E-state index in [-0.39, 0.29) is 17.2 Å². The third-order valence-corrected chi connectivity index (χ3v) is 5.33.